The maximum absolute atomic E-state index is 5.57. The van der Waals surface area contributed by atoms with Crippen molar-refractivity contribution >= 4 is 0 Å². The summed E-state index contributed by atoms with van der Waals surface area (Å²) >= 11 is 0. The predicted octanol–water partition coefficient (Wildman–Crippen LogP) is 2.48. The molecule has 2 N–H and O–H groups in total. The number of nitrogens with zero attached hydrogens (tertiary/aromatic N) is 2. The molecule has 0 aliphatic heterocycles. The molecule has 1 heterocycles. The van der Waals surface area contributed by atoms with Gasteiger partial charge in [-0.05, 0) is 67.3 Å². The van der Waals surface area contributed by atoms with Crippen LogP contribution in [-0.2, 0) is 6.54 Å². The first-order valence-corrected chi connectivity index (χ1v) is 7.34. The van der Waals surface area contributed by atoms with Crippen LogP contribution in [0, 0.1) is 23.7 Å². The van der Waals surface area contributed by atoms with Gasteiger partial charge in [-0.3, -0.25) is 0 Å². The predicted molar refractivity (Wildman–Crippen MR) is 69.7 cm³/mol. The van der Waals surface area contributed by atoms with Crippen molar-refractivity contribution in [2.75, 3.05) is 0 Å². The van der Waals surface area contributed by atoms with Gasteiger partial charge in [0.25, 0.3) is 0 Å². The zero-order chi connectivity index (χ0) is 12.1. The molecule has 0 aromatic carbocycles. The lowest BCUT2D eigenvalue weighted by atomic mass is 9.51. The maximum Gasteiger partial charge on any atom is 0.141 e. The van der Waals surface area contributed by atoms with Crippen LogP contribution in [0.2, 0.25) is 0 Å². The lowest BCUT2D eigenvalue weighted by Crippen LogP contribution is -2.43. The largest absolute Gasteiger partial charge is 0.324 e. The van der Waals surface area contributed by atoms with Gasteiger partial charge in [-0.2, -0.15) is 0 Å². The van der Waals surface area contributed by atoms with E-state index in [9.17, 15) is 0 Å². The van der Waals surface area contributed by atoms with Crippen molar-refractivity contribution in [1.29, 1.82) is 0 Å². The first kappa shape index (κ1) is 10.9. The quantitative estimate of drug-likeness (QED) is 0.868. The van der Waals surface area contributed by atoms with Crippen LogP contribution in [0.3, 0.4) is 0 Å². The van der Waals surface area contributed by atoms with E-state index in [2.05, 4.69) is 9.97 Å². The summed E-state index contributed by atoms with van der Waals surface area (Å²) in [5, 5.41) is 0. The normalized spacial score (nSPS) is 41.3. The maximum atomic E-state index is 5.57. The summed E-state index contributed by atoms with van der Waals surface area (Å²) in [6.45, 7) is 0.446. The SMILES string of the molecule is NCc1ncc(C2C3CC4CC(C3)CC2C4)cn1. The summed E-state index contributed by atoms with van der Waals surface area (Å²) < 4.78 is 0. The Kier molecular flexibility index (Phi) is 2.44. The van der Waals surface area contributed by atoms with Crippen LogP contribution in [0.1, 0.15) is 49.4 Å². The van der Waals surface area contributed by atoms with Gasteiger partial charge < -0.3 is 5.73 Å². The number of aromatic nitrogens is 2. The third kappa shape index (κ3) is 1.60. The lowest BCUT2D eigenvalue weighted by Gasteiger charge is -2.54. The smallest absolute Gasteiger partial charge is 0.141 e. The highest BCUT2D eigenvalue weighted by Crippen LogP contribution is 2.59. The van der Waals surface area contributed by atoms with E-state index in [1.165, 1.54) is 37.7 Å². The van der Waals surface area contributed by atoms with E-state index in [1.54, 1.807) is 0 Å². The Labute approximate surface area is 108 Å². The molecule has 18 heavy (non-hydrogen) atoms. The van der Waals surface area contributed by atoms with Crippen LogP contribution in [0.4, 0.5) is 0 Å². The molecule has 3 nitrogen and oxygen atoms in total. The summed E-state index contributed by atoms with van der Waals surface area (Å²) in [7, 11) is 0. The van der Waals surface area contributed by atoms with Crippen LogP contribution in [0.15, 0.2) is 12.4 Å². The molecule has 5 rings (SSSR count). The summed E-state index contributed by atoms with van der Waals surface area (Å²) in [4.78, 5) is 8.79. The van der Waals surface area contributed by atoms with Crippen LogP contribution < -0.4 is 5.73 Å². The van der Waals surface area contributed by atoms with E-state index in [0.29, 0.717) is 6.54 Å². The minimum Gasteiger partial charge on any atom is -0.324 e. The van der Waals surface area contributed by atoms with Crippen LogP contribution in [0.5, 0.6) is 0 Å². The fraction of sp³-hybridized carbons (Fsp3) is 0.733. The van der Waals surface area contributed by atoms with Gasteiger partial charge in [0, 0.05) is 12.4 Å². The second kappa shape index (κ2) is 4.02. The summed E-state index contributed by atoms with van der Waals surface area (Å²) in [6, 6.07) is 0. The highest BCUT2D eigenvalue weighted by atomic mass is 14.9. The molecule has 1 aromatic rings. The molecule has 4 aliphatic rings. The molecule has 4 aliphatic carbocycles. The summed E-state index contributed by atoms with van der Waals surface area (Å²) in [5.74, 6) is 5.40. The molecular formula is C15H21N3. The summed E-state index contributed by atoms with van der Waals surface area (Å²) in [6.07, 6.45) is 11.4. The molecule has 1 aromatic heterocycles. The number of hydrogen-bond acceptors (Lipinski definition) is 3. The molecule has 4 fully saturated rings. The standard InChI is InChI=1S/C15H21N3/c16-6-14-17-7-13(8-18-14)15-11-2-9-1-10(4-11)5-12(15)3-9/h7-12,15H,1-6,16H2. The molecule has 0 spiro atoms. The van der Waals surface area contributed by atoms with E-state index in [0.717, 1.165) is 35.4 Å². The second-order valence-corrected chi connectivity index (χ2v) is 6.59. The summed E-state index contributed by atoms with van der Waals surface area (Å²) in [5.41, 5.74) is 6.95. The Morgan fingerprint density at radius 3 is 2.00 bits per heavy atom. The second-order valence-electron chi connectivity index (χ2n) is 6.59. The van der Waals surface area contributed by atoms with Crippen molar-refractivity contribution in [1.82, 2.24) is 9.97 Å². The number of rotatable bonds is 2. The van der Waals surface area contributed by atoms with Crippen LogP contribution in [0.25, 0.3) is 0 Å². The van der Waals surface area contributed by atoms with E-state index in [4.69, 9.17) is 5.73 Å². The number of hydrogen-bond donors (Lipinski definition) is 1. The van der Waals surface area contributed by atoms with Gasteiger partial charge in [0.15, 0.2) is 0 Å². The molecule has 3 heteroatoms. The first-order valence-electron chi connectivity index (χ1n) is 7.34. The Morgan fingerprint density at radius 1 is 0.944 bits per heavy atom. The average molecular weight is 243 g/mol. The first-order chi connectivity index (χ1) is 8.83. The average Bonchev–Trinajstić information content (AvgIpc) is 2.38. The zero-order valence-electron chi connectivity index (χ0n) is 10.8. The van der Waals surface area contributed by atoms with Gasteiger partial charge in [-0.1, -0.05) is 0 Å². The topological polar surface area (TPSA) is 51.8 Å². The Morgan fingerprint density at radius 2 is 1.50 bits per heavy atom. The van der Waals surface area contributed by atoms with Crippen molar-refractivity contribution < 1.29 is 0 Å². The molecule has 0 unspecified atom stereocenters. The van der Waals surface area contributed by atoms with Crippen molar-refractivity contribution in [3.63, 3.8) is 0 Å². The van der Waals surface area contributed by atoms with Gasteiger partial charge in [0.2, 0.25) is 0 Å². The Hall–Kier alpha value is -0.960. The van der Waals surface area contributed by atoms with Crippen LogP contribution >= 0.6 is 0 Å². The Balaban J connectivity index is 1.63. The molecule has 0 amide bonds. The van der Waals surface area contributed by atoms with Gasteiger partial charge in [-0.25, -0.2) is 9.97 Å². The molecule has 96 valence electrons. The third-order valence-corrected chi connectivity index (χ3v) is 5.52. The van der Waals surface area contributed by atoms with Crippen molar-refractivity contribution in [3.05, 3.63) is 23.8 Å². The zero-order valence-corrected chi connectivity index (χ0v) is 10.8. The van der Waals surface area contributed by atoms with E-state index in [1.807, 2.05) is 12.4 Å². The molecule has 0 radical (unpaired) electrons. The van der Waals surface area contributed by atoms with Crippen molar-refractivity contribution in [3.8, 4) is 0 Å². The molecular weight excluding hydrogens is 222 g/mol. The van der Waals surface area contributed by atoms with E-state index in [-0.39, 0.29) is 0 Å². The molecule has 0 atom stereocenters. The van der Waals surface area contributed by atoms with E-state index >= 15 is 0 Å². The van der Waals surface area contributed by atoms with Gasteiger partial charge in [0.1, 0.15) is 5.82 Å². The minimum absolute atomic E-state index is 0.446. The molecule has 0 saturated heterocycles. The van der Waals surface area contributed by atoms with Crippen molar-refractivity contribution in [2.24, 2.45) is 29.4 Å². The monoisotopic (exact) mass is 243 g/mol. The molecule has 4 bridgehead atoms. The van der Waals surface area contributed by atoms with Gasteiger partial charge >= 0.3 is 0 Å². The Bertz CT molecular complexity index is 412. The number of nitrogens with two attached hydrogens (primary N) is 1. The molecule has 4 saturated carbocycles. The fourth-order valence-electron chi connectivity index (χ4n) is 5.11. The fourth-order valence-corrected chi connectivity index (χ4v) is 5.11. The highest BCUT2D eigenvalue weighted by Gasteiger charge is 2.48. The van der Waals surface area contributed by atoms with Crippen molar-refractivity contribution in [2.45, 2.75) is 44.6 Å². The minimum atomic E-state index is 0.446. The van der Waals surface area contributed by atoms with E-state index < -0.39 is 0 Å². The van der Waals surface area contributed by atoms with Gasteiger partial charge in [0.05, 0.1) is 6.54 Å². The lowest BCUT2D eigenvalue weighted by molar-refractivity contribution is -0.00301. The third-order valence-electron chi connectivity index (χ3n) is 5.52. The van der Waals surface area contributed by atoms with Crippen LogP contribution in [-0.4, -0.2) is 9.97 Å². The highest BCUT2D eigenvalue weighted by molar-refractivity contribution is 5.19. The van der Waals surface area contributed by atoms with Gasteiger partial charge in [-0.15, -0.1) is 0 Å².